The van der Waals surface area contributed by atoms with Gasteiger partial charge < -0.3 is 15.7 Å². The summed E-state index contributed by atoms with van der Waals surface area (Å²) in [6, 6.07) is 3.22. The molecule has 0 aromatic carbocycles. The van der Waals surface area contributed by atoms with Crippen molar-refractivity contribution < 1.29 is 13.5 Å². The van der Waals surface area contributed by atoms with Crippen molar-refractivity contribution in [1.29, 1.82) is 0 Å². The van der Waals surface area contributed by atoms with Gasteiger partial charge >= 0.3 is 0 Å². The minimum atomic E-state index is -3.47. The van der Waals surface area contributed by atoms with Gasteiger partial charge in [-0.2, -0.15) is 0 Å². The van der Waals surface area contributed by atoms with Crippen LogP contribution in [0.5, 0.6) is 0 Å². The molecule has 1 unspecified atom stereocenters. The van der Waals surface area contributed by atoms with E-state index in [4.69, 9.17) is 0 Å². The highest BCUT2D eigenvalue weighted by atomic mass is 32.2. The van der Waals surface area contributed by atoms with Crippen molar-refractivity contribution in [1.82, 2.24) is 15.6 Å². The number of rotatable bonds is 8. The Bertz CT molecular complexity index is 785. The second-order valence-electron chi connectivity index (χ2n) is 5.31. The Balaban J connectivity index is 1.89. The van der Waals surface area contributed by atoms with Crippen LogP contribution in [-0.4, -0.2) is 49.4 Å². The summed E-state index contributed by atoms with van der Waals surface area (Å²) < 4.78 is 24.6. The number of aromatic nitrogens is 1. The quantitative estimate of drug-likeness (QED) is 0.456. The Morgan fingerprint density at radius 2 is 2.24 bits per heavy atom. The lowest BCUT2D eigenvalue weighted by atomic mass is 10.4. The van der Waals surface area contributed by atoms with Gasteiger partial charge in [-0.1, -0.05) is 6.07 Å². The first-order valence-electron chi connectivity index (χ1n) is 7.78. The van der Waals surface area contributed by atoms with Gasteiger partial charge in [0.2, 0.25) is 0 Å². The largest absolute Gasteiger partial charge is 0.390 e. The van der Waals surface area contributed by atoms with Crippen molar-refractivity contribution in [3.63, 3.8) is 0 Å². The Hall–Kier alpha value is -1.49. The molecule has 138 valence electrons. The van der Waals surface area contributed by atoms with Crippen molar-refractivity contribution in [2.75, 3.05) is 18.8 Å². The first kappa shape index (κ1) is 19.8. The van der Waals surface area contributed by atoms with E-state index in [-0.39, 0.29) is 16.5 Å². The summed E-state index contributed by atoms with van der Waals surface area (Å²) in [5, 5.41) is 18.7. The van der Waals surface area contributed by atoms with E-state index in [1.807, 2.05) is 13.8 Å². The summed E-state index contributed by atoms with van der Waals surface area (Å²) in [5.41, 5.74) is 0. The monoisotopic (exact) mass is 402 g/mol. The minimum absolute atomic E-state index is 0.0906. The fourth-order valence-corrected chi connectivity index (χ4v) is 5.20. The molecule has 0 aliphatic carbocycles. The Labute approximate surface area is 155 Å². The van der Waals surface area contributed by atoms with Gasteiger partial charge in [0.05, 0.1) is 18.4 Å². The van der Waals surface area contributed by atoms with Gasteiger partial charge in [-0.15, -0.1) is 22.7 Å². The number of nitrogens with one attached hydrogen (secondary N) is 2. The van der Waals surface area contributed by atoms with Gasteiger partial charge in [0.1, 0.15) is 9.22 Å². The zero-order valence-electron chi connectivity index (χ0n) is 14.1. The Morgan fingerprint density at radius 1 is 1.44 bits per heavy atom. The smallest absolute Gasteiger partial charge is 0.191 e. The van der Waals surface area contributed by atoms with Crippen LogP contribution in [-0.2, 0) is 16.4 Å². The number of aliphatic hydroxyl groups is 1. The average molecular weight is 403 g/mol. The third kappa shape index (κ3) is 6.38. The molecule has 0 saturated heterocycles. The fraction of sp³-hybridized carbons (Fsp3) is 0.467. The van der Waals surface area contributed by atoms with Crippen LogP contribution >= 0.6 is 22.7 Å². The number of aliphatic hydroxyl groups excluding tert-OH is 1. The van der Waals surface area contributed by atoms with E-state index in [1.54, 1.807) is 35.0 Å². The second-order valence-corrected chi connectivity index (χ2v) is 9.84. The van der Waals surface area contributed by atoms with Crippen LogP contribution in [0.1, 0.15) is 16.8 Å². The molecule has 2 aromatic heterocycles. The summed E-state index contributed by atoms with van der Waals surface area (Å²) in [5.74, 6) is 0.189. The van der Waals surface area contributed by atoms with Crippen molar-refractivity contribution >= 4 is 38.5 Å². The van der Waals surface area contributed by atoms with Crippen LogP contribution in [0.15, 0.2) is 32.9 Å². The normalized spacial score (nSPS) is 13.6. The minimum Gasteiger partial charge on any atom is -0.390 e. The van der Waals surface area contributed by atoms with E-state index in [0.29, 0.717) is 19.0 Å². The molecule has 0 saturated carbocycles. The third-order valence-electron chi connectivity index (χ3n) is 3.10. The second kappa shape index (κ2) is 9.27. The molecule has 7 nitrogen and oxygen atoms in total. The van der Waals surface area contributed by atoms with Crippen molar-refractivity contribution in [2.45, 2.75) is 30.7 Å². The van der Waals surface area contributed by atoms with Gasteiger partial charge in [-0.3, -0.25) is 0 Å². The van der Waals surface area contributed by atoms with E-state index >= 15 is 0 Å². The maximum Gasteiger partial charge on any atom is 0.191 e. The standard InChI is InChI=1S/C15H22N4O3S3/c1-3-16-15(19-9-13-17-7-11(2)24-13)18-8-12(20)10-25(21,22)14-5-4-6-23-14/h4-7,12,20H,3,8-10H2,1-2H3,(H2,16,18,19). The first-order chi connectivity index (χ1) is 11.9. The molecule has 0 aliphatic rings. The maximum absolute atomic E-state index is 12.2. The van der Waals surface area contributed by atoms with Crippen LogP contribution in [0.25, 0.3) is 0 Å². The molecule has 2 aromatic rings. The number of aryl methyl sites for hydroxylation is 1. The maximum atomic E-state index is 12.2. The van der Waals surface area contributed by atoms with Gasteiger partial charge in [-0.05, 0) is 25.3 Å². The summed E-state index contributed by atoms with van der Waals surface area (Å²) in [4.78, 5) is 9.77. The highest BCUT2D eigenvalue weighted by molar-refractivity contribution is 7.93. The highest BCUT2D eigenvalue weighted by Gasteiger charge is 2.20. The molecule has 0 bridgehead atoms. The summed E-state index contributed by atoms with van der Waals surface area (Å²) >= 11 is 2.73. The van der Waals surface area contributed by atoms with Crippen molar-refractivity contribution in [3.8, 4) is 0 Å². The van der Waals surface area contributed by atoms with Crippen LogP contribution < -0.4 is 10.6 Å². The predicted molar refractivity (Wildman–Crippen MR) is 102 cm³/mol. The molecule has 0 radical (unpaired) electrons. The van der Waals surface area contributed by atoms with Gasteiger partial charge in [-0.25, -0.2) is 18.4 Å². The predicted octanol–water partition coefficient (Wildman–Crippen LogP) is 1.40. The number of aliphatic imine (C=N–C) groups is 1. The molecule has 0 aliphatic heterocycles. The first-order valence-corrected chi connectivity index (χ1v) is 11.1. The third-order valence-corrected chi connectivity index (χ3v) is 7.29. The van der Waals surface area contributed by atoms with Crippen LogP contribution in [0.3, 0.4) is 0 Å². The average Bonchev–Trinajstić information content (AvgIpc) is 3.21. The molecular formula is C15H22N4O3S3. The molecular weight excluding hydrogens is 380 g/mol. The molecule has 0 spiro atoms. The lowest BCUT2D eigenvalue weighted by molar-refractivity contribution is 0.200. The summed E-state index contributed by atoms with van der Waals surface area (Å²) in [6.45, 7) is 5.10. The van der Waals surface area contributed by atoms with Gasteiger partial charge in [0, 0.05) is 24.2 Å². The number of hydrogen-bond acceptors (Lipinski definition) is 7. The Kier molecular flexibility index (Phi) is 7.36. The van der Waals surface area contributed by atoms with E-state index < -0.39 is 15.9 Å². The van der Waals surface area contributed by atoms with E-state index in [2.05, 4.69) is 20.6 Å². The highest BCUT2D eigenvalue weighted by Crippen LogP contribution is 2.18. The van der Waals surface area contributed by atoms with Gasteiger partial charge in [0.25, 0.3) is 0 Å². The lowest BCUT2D eigenvalue weighted by Gasteiger charge is -2.15. The molecule has 0 fully saturated rings. The molecule has 3 N–H and O–H groups in total. The molecule has 10 heteroatoms. The van der Waals surface area contributed by atoms with Crippen molar-refractivity contribution in [3.05, 3.63) is 33.6 Å². The van der Waals surface area contributed by atoms with E-state index in [0.717, 1.165) is 21.2 Å². The van der Waals surface area contributed by atoms with Gasteiger partial charge in [0.15, 0.2) is 15.8 Å². The van der Waals surface area contributed by atoms with E-state index in [1.165, 1.54) is 0 Å². The molecule has 1 atom stereocenters. The van der Waals surface area contributed by atoms with Crippen LogP contribution in [0.4, 0.5) is 0 Å². The SMILES string of the molecule is CCNC(=NCc1ncc(C)s1)NCC(O)CS(=O)(=O)c1cccs1. The molecule has 25 heavy (non-hydrogen) atoms. The topological polar surface area (TPSA) is 104 Å². The number of sulfone groups is 1. The number of hydrogen-bond donors (Lipinski definition) is 3. The van der Waals surface area contributed by atoms with Crippen LogP contribution in [0.2, 0.25) is 0 Å². The summed E-state index contributed by atoms with van der Waals surface area (Å²) in [6.07, 6.45) is 0.771. The molecule has 0 amide bonds. The Morgan fingerprint density at radius 3 is 2.84 bits per heavy atom. The molecule has 2 rings (SSSR count). The number of guanidine groups is 1. The summed E-state index contributed by atoms with van der Waals surface area (Å²) in [7, 11) is -3.47. The van der Waals surface area contributed by atoms with Crippen LogP contribution in [0, 0.1) is 6.92 Å². The number of thiazole rings is 1. The van der Waals surface area contributed by atoms with E-state index in [9.17, 15) is 13.5 Å². The zero-order valence-corrected chi connectivity index (χ0v) is 16.5. The zero-order chi connectivity index (χ0) is 18.3. The number of thiophene rings is 1. The fourth-order valence-electron chi connectivity index (χ4n) is 2.01. The molecule has 2 heterocycles. The lowest BCUT2D eigenvalue weighted by Crippen LogP contribution is -2.42. The number of nitrogens with zero attached hydrogens (tertiary/aromatic N) is 2. The van der Waals surface area contributed by atoms with Crippen molar-refractivity contribution in [2.24, 2.45) is 4.99 Å².